The number of para-hydroxylation sites is 1. The van der Waals surface area contributed by atoms with Gasteiger partial charge in [0.05, 0.1) is 17.6 Å². The van der Waals surface area contributed by atoms with Crippen LogP contribution in [-0.4, -0.2) is 18.4 Å². The van der Waals surface area contributed by atoms with Gasteiger partial charge in [0.1, 0.15) is 5.82 Å². The van der Waals surface area contributed by atoms with E-state index in [1.165, 1.54) is 11.0 Å². The zero-order valence-electron chi connectivity index (χ0n) is 13.4. The van der Waals surface area contributed by atoms with Crippen LogP contribution in [0, 0.1) is 11.7 Å². The first-order valence-corrected chi connectivity index (χ1v) is 7.96. The summed E-state index contributed by atoms with van der Waals surface area (Å²) in [5.74, 6) is -1.33. The Bertz CT molecular complexity index is 748. The van der Waals surface area contributed by atoms with E-state index in [-0.39, 0.29) is 36.5 Å². The highest BCUT2D eigenvalue weighted by atomic mass is 19.1. The summed E-state index contributed by atoms with van der Waals surface area (Å²) < 4.78 is 13.9. The summed E-state index contributed by atoms with van der Waals surface area (Å²) in [4.78, 5) is 26.0. The molecular weight excluding hydrogens is 307 g/mol. The number of nitrogens with one attached hydrogen (secondary N) is 1. The first-order valence-electron chi connectivity index (χ1n) is 7.96. The molecule has 5 heteroatoms. The molecule has 1 saturated heterocycles. The monoisotopic (exact) mass is 326 g/mol. The highest BCUT2D eigenvalue weighted by Gasteiger charge is 2.36. The summed E-state index contributed by atoms with van der Waals surface area (Å²) in [5, 5.41) is 2.93. The molecule has 0 saturated carbocycles. The molecule has 1 heterocycles. The van der Waals surface area contributed by atoms with Gasteiger partial charge in [-0.15, -0.1) is 0 Å². The highest BCUT2D eigenvalue weighted by molar-refractivity contribution is 6.00. The summed E-state index contributed by atoms with van der Waals surface area (Å²) in [5.41, 5.74) is 1.23. The van der Waals surface area contributed by atoms with Crippen molar-refractivity contribution in [3.8, 4) is 0 Å². The van der Waals surface area contributed by atoms with Gasteiger partial charge in [0.25, 0.3) is 0 Å². The molecular formula is C19H19FN2O2. The minimum absolute atomic E-state index is 0.0989. The predicted molar refractivity (Wildman–Crippen MR) is 89.9 cm³/mol. The van der Waals surface area contributed by atoms with Gasteiger partial charge in [-0.3, -0.25) is 9.59 Å². The van der Waals surface area contributed by atoms with Gasteiger partial charge in [-0.25, -0.2) is 4.39 Å². The van der Waals surface area contributed by atoms with Crippen LogP contribution in [0.1, 0.15) is 24.9 Å². The number of carbonyl (C=O) groups is 2. The van der Waals surface area contributed by atoms with Gasteiger partial charge in [-0.05, 0) is 24.6 Å². The molecule has 0 spiro atoms. The van der Waals surface area contributed by atoms with Gasteiger partial charge in [0.2, 0.25) is 11.8 Å². The quantitative estimate of drug-likeness (QED) is 0.939. The van der Waals surface area contributed by atoms with E-state index in [9.17, 15) is 14.0 Å². The molecule has 0 aliphatic carbocycles. The SMILES string of the molecule is CC(NC(=O)C1CC(=O)N(c2ccccc2F)C1)c1ccccc1. The molecule has 2 aromatic carbocycles. The normalized spacial score (nSPS) is 18.5. The maximum atomic E-state index is 13.9. The van der Waals surface area contributed by atoms with Crippen molar-refractivity contribution in [2.24, 2.45) is 5.92 Å². The van der Waals surface area contributed by atoms with E-state index in [0.29, 0.717) is 0 Å². The Morgan fingerprint density at radius 2 is 1.83 bits per heavy atom. The minimum Gasteiger partial charge on any atom is -0.349 e. The number of halogens is 1. The largest absolute Gasteiger partial charge is 0.349 e. The molecule has 0 aromatic heterocycles. The molecule has 2 unspecified atom stereocenters. The maximum Gasteiger partial charge on any atom is 0.227 e. The number of anilines is 1. The lowest BCUT2D eigenvalue weighted by molar-refractivity contribution is -0.126. The average molecular weight is 326 g/mol. The van der Waals surface area contributed by atoms with Crippen molar-refractivity contribution in [3.63, 3.8) is 0 Å². The second-order valence-corrected chi connectivity index (χ2v) is 6.00. The van der Waals surface area contributed by atoms with E-state index in [4.69, 9.17) is 0 Å². The van der Waals surface area contributed by atoms with Crippen LogP contribution in [0.5, 0.6) is 0 Å². The number of nitrogens with zero attached hydrogens (tertiary/aromatic N) is 1. The third-order valence-electron chi connectivity index (χ3n) is 4.30. The third-order valence-corrected chi connectivity index (χ3v) is 4.30. The van der Waals surface area contributed by atoms with Crippen LogP contribution in [0.4, 0.5) is 10.1 Å². The Kier molecular flexibility index (Phi) is 4.60. The van der Waals surface area contributed by atoms with Gasteiger partial charge >= 0.3 is 0 Å². The van der Waals surface area contributed by atoms with Crippen molar-refractivity contribution < 1.29 is 14.0 Å². The molecule has 0 bridgehead atoms. The standard InChI is InChI=1S/C19H19FN2O2/c1-13(14-7-3-2-4-8-14)21-19(24)15-11-18(23)22(12-15)17-10-6-5-9-16(17)20/h2-10,13,15H,11-12H2,1H3,(H,21,24). The van der Waals surface area contributed by atoms with Gasteiger partial charge in [0, 0.05) is 13.0 Å². The van der Waals surface area contributed by atoms with Gasteiger partial charge in [-0.2, -0.15) is 0 Å². The number of carbonyl (C=O) groups excluding carboxylic acids is 2. The Morgan fingerprint density at radius 3 is 2.54 bits per heavy atom. The molecule has 24 heavy (non-hydrogen) atoms. The maximum absolute atomic E-state index is 13.9. The van der Waals surface area contributed by atoms with Crippen LogP contribution in [0.2, 0.25) is 0 Å². The summed E-state index contributed by atoms with van der Waals surface area (Å²) in [6.07, 6.45) is 0.0989. The fourth-order valence-electron chi connectivity index (χ4n) is 2.94. The van der Waals surface area contributed by atoms with Crippen LogP contribution in [0.3, 0.4) is 0 Å². The zero-order valence-corrected chi connectivity index (χ0v) is 13.4. The van der Waals surface area contributed by atoms with Crippen molar-refractivity contribution in [1.29, 1.82) is 0 Å². The Hall–Kier alpha value is -2.69. The fourth-order valence-corrected chi connectivity index (χ4v) is 2.94. The minimum atomic E-state index is -0.469. The molecule has 1 N–H and O–H groups in total. The van der Waals surface area contributed by atoms with Crippen LogP contribution < -0.4 is 10.2 Å². The molecule has 1 aliphatic heterocycles. The molecule has 1 aliphatic rings. The lowest BCUT2D eigenvalue weighted by Gasteiger charge is -2.19. The Morgan fingerprint density at radius 1 is 1.17 bits per heavy atom. The van der Waals surface area contributed by atoms with E-state index in [0.717, 1.165) is 5.56 Å². The van der Waals surface area contributed by atoms with E-state index < -0.39 is 11.7 Å². The second kappa shape index (κ2) is 6.83. The lowest BCUT2D eigenvalue weighted by Crippen LogP contribution is -2.34. The van der Waals surface area contributed by atoms with E-state index in [1.807, 2.05) is 37.3 Å². The van der Waals surface area contributed by atoms with E-state index in [2.05, 4.69) is 5.32 Å². The molecule has 2 aromatic rings. The highest BCUT2D eigenvalue weighted by Crippen LogP contribution is 2.27. The van der Waals surface area contributed by atoms with Crippen molar-refractivity contribution in [2.45, 2.75) is 19.4 Å². The fraction of sp³-hybridized carbons (Fsp3) is 0.263. The Labute approximate surface area is 140 Å². The van der Waals surface area contributed by atoms with Crippen molar-refractivity contribution in [3.05, 3.63) is 66.0 Å². The number of benzene rings is 2. The molecule has 3 rings (SSSR count). The van der Waals surface area contributed by atoms with Gasteiger partial charge in [-0.1, -0.05) is 42.5 Å². The summed E-state index contributed by atoms with van der Waals surface area (Å²) >= 11 is 0. The van der Waals surface area contributed by atoms with Gasteiger partial charge < -0.3 is 10.2 Å². The number of hydrogen-bond acceptors (Lipinski definition) is 2. The topological polar surface area (TPSA) is 49.4 Å². The number of rotatable bonds is 4. The first kappa shape index (κ1) is 16.2. The number of hydrogen-bond donors (Lipinski definition) is 1. The average Bonchev–Trinajstić information content (AvgIpc) is 2.98. The van der Waals surface area contributed by atoms with Crippen LogP contribution in [0.25, 0.3) is 0 Å². The van der Waals surface area contributed by atoms with Crippen LogP contribution in [0.15, 0.2) is 54.6 Å². The Balaban J connectivity index is 1.67. The summed E-state index contributed by atoms with van der Waals surface area (Å²) in [6, 6.07) is 15.6. The van der Waals surface area contributed by atoms with E-state index in [1.54, 1.807) is 18.2 Å². The lowest BCUT2D eigenvalue weighted by atomic mass is 10.1. The molecule has 2 atom stereocenters. The molecule has 0 radical (unpaired) electrons. The number of amides is 2. The van der Waals surface area contributed by atoms with E-state index >= 15 is 0 Å². The smallest absolute Gasteiger partial charge is 0.227 e. The van der Waals surface area contributed by atoms with Crippen molar-refractivity contribution >= 4 is 17.5 Å². The second-order valence-electron chi connectivity index (χ2n) is 6.00. The molecule has 2 amide bonds. The van der Waals surface area contributed by atoms with Crippen LogP contribution in [-0.2, 0) is 9.59 Å². The first-order chi connectivity index (χ1) is 11.6. The van der Waals surface area contributed by atoms with Gasteiger partial charge in [0.15, 0.2) is 0 Å². The molecule has 1 fully saturated rings. The van der Waals surface area contributed by atoms with Crippen molar-refractivity contribution in [1.82, 2.24) is 5.32 Å². The third kappa shape index (κ3) is 3.30. The molecule has 124 valence electrons. The summed E-state index contributed by atoms with van der Waals surface area (Å²) in [6.45, 7) is 2.10. The predicted octanol–water partition coefficient (Wildman–Crippen LogP) is 3.06. The molecule has 4 nitrogen and oxygen atoms in total. The van der Waals surface area contributed by atoms with Crippen LogP contribution >= 0.6 is 0 Å². The van der Waals surface area contributed by atoms with Crippen molar-refractivity contribution in [2.75, 3.05) is 11.4 Å². The summed E-state index contributed by atoms with van der Waals surface area (Å²) in [7, 11) is 0. The zero-order chi connectivity index (χ0) is 17.1.